The SMILES string of the molecule is CN(CC(=O)N1CCNCC1)C(=O)c1ccc(F)c(F)c1F.Cl. The van der Waals surface area contributed by atoms with Crippen LogP contribution in [-0.4, -0.2) is 61.4 Å². The maximum absolute atomic E-state index is 13.6. The smallest absolute Gasteiger partial charge is 0.257 e. The summed E-state index contributed by atoms with van der Waals surface area (Å²) in [4.78, 5) is 26.7. The van der Waals surface area contributed by atoms with Gasteiger partial charge in [0.2, 0.25) is 5.91 Å². The van der Waals surface area contributed by atoms with Gasteiger partial charge in [0.05, 0.1) is 12.1 Å². The first-order valence-electron chi connectivity index (χ1n) is 6.79. The number of likely N-dealkylation sites (N-methyl/N-ethyl adjacent to an activating group) is 1. The average molecular weight is 352 g/mol. The first-order chi connectivity index (χ1) is 10.4. The Balaban J connectivity index is 0.00000264. The van der Waals surface area contributed by atoms with Crippen molar-refractivity contribution in [2.24, 2.45) is 0 Å². The maximum Gasteiger partial charge on any atom is 0.257 e. The van der Waals surface area contributed by atoms with E-state index in [9.17, 15) is 22.8 Å². The second-order valence-electron chi connectivity index (χ2n) is 5.01. The van der Waals surface area contributed by atoms with Crippen molar-refractivity contribution in [3.05, 3.63) is 35.1 Å². The quantitative estimate of drug-likeness (QED) is 0.828. The Morgan fingerprint density at radius 1 is 1.17 bits per heavy atom. The molecule has 1 aliphatic heterocycles. The number of rotatable bonds is 3. The highest BCUT2D eigenvalue weighted by Crippen LogP contribution is 2.16. The van der Waals surface area contributed by atoms with Crippen molar-refractivity contribution in [1.29, 1.82) is 0 Å². The Morgan fingerprint density at radius 3 is 2.39 bits per heavy atom. The summed E-state index contributed by atoms with van der Waals surface area (Å²) in [5.74, 6) is -5.77. The molecule has 0 spiro atoms. The van der Waals surface area contributed by atoms with Crippen LogP contribution in [0.15, 0.2) is 12.1 Å². The summed E-state index contributed by atoms with van der Waals surface area (Å²) < 4.78 is 39.6. The van der Waals surface area contributed by atoms with E-state index in [1.807, 2.05) is 0 Å². The van der Waals surface area contributed by atoms with Crippen LogP contribution in [0.3, 0.4) is 0 Å². The highest BCUT2D eigenvalue weighted by Gasteiger charge is 2.24. The number of carbonyl (C=O) groups excluding carboxylic acids is 2. The van der Waals surface area contributed by atoms with E-state index < -0.39 is 28.9 Å². The zero-order valence-corrected chi connectivity index (χ0v) is 13.3. The van der Waals surface area contributed by atoms with Crippen LogP contribution in [0.4, 0.5) is 13.2 Å². The fourth-order valence-corrected chi connectivity index (χ4v) is 2.19. The van der Waals surface area contributed by atoms with Gasteiger partial charge in [-0.05, 0) is 12.1 Å². The zero-order chi connectivity index (χ0) is 16.3. The van der Waals surface area contributed by atoms with Crippen molar-refractivity contribution in [2.45, 2.75) is 0 Å². The minimum absolute atomic E-state index is 0. The molecule has 2 rings (SSSR count). The lowest BCUT2D eigenvalue weighted by molar-refractivity contribution is -0.132. The molecule has 128 valence electrons. The molecule has 1 saturated heterocycles. The van der Waals surface area contributed by atoms with Gasteiger partial charge in [0, 0.05) is 33.2 Å². The van der Waals surface area contributed by atoms with E-state index in [4.69, 9.17) is 0 Å². The Hall–Kier alpha value is -1.80. The van der Waals surface area contributed by atoms with Gasteiger partial charge >= 0.3 is 0 Å². The summed E-state index contributed by atoms with van der Waals surface area (Å²) >= 11 is 0. The lowest BCUT2D eigenvalue weighted by atomic mass is 10.1. The minimum atomic E-state index is -1.70. The Kier molecular flexibility index (Phi) is 6.83. The molecular weight excluding hydrogens is 335 g/mol. The topological polar surface area (TPSA) is 52.7 Å². The summed E-state index contributed by atoms with van der Waals surface area (Å²) in [5.41, 5.74) is -0.602. The number of benzene rings is 1. The molecule has 23 heavy (non-hydrogen) atoms. The van der Waals surface area contributed by atoms with Crippen molar-refractivity contribution in [1.82, 2.24) is 15.1 Å². The molecule has 0 atom stereocenters. The molecule has 1 aliphatic rings. The molecule has 1 fully saturated rings. The Bertz CT molecular complexity index is 595. The first-order valence-corrected chi connectivity index (χ1v) is 6.79. The molecule has 5 nitrogen and oxygen atoms in total. The van der Waals surface area contributed by atoms with E-state index in [0.717, 1.165) is 11.0 Å². The van der Waals surface area contributed by atoms with Crippen LogP contribution in [-0.2, 0) is 4.79 Å². The summed E-state index contributed by atoms with van der Waals surface area (Å²) in [6, 6.07) is 1.54. The van der Waals surface area contributed by atoms with E-state index in [0.29, 0.717) is 32.2 Å². The molecule has 1 aromatic carbocycles. The molecule has 1 N–H and O–H groups in total. The minimum Gasteiger partial charge on any atom is -0.339 e. The van der Waals surface area contributed by atoms with Crippen LogP contribution in [0, 0.1) is 17.5 Å². The summed E-state index contributed by atoms with van der Waals surface area (Å²) in [6.07, 6.45) is 0. The van der Waals surface area contributed by atoms with Crippen LogP contribution in [0.5, 0.6) is 0 Å². The largest absolute Gasteiger partial charge is 0.339 e. The molecule has 1 heterocycles. The van der Waals surface area contributed by atoms with E-state index >= 15 is 0 Å². The Morgan fingerprint density at radius 2 is 1.78 bits per heavy atom. The van der Waals surface area contributed by atoms with Gasteiger partial charge in [-0.1, -0.05) is 0 Å². The van der Waals surface area contributed by atoms with Crippen molar-refractivity contribution >= 4 is 24.2 Å². The monoisotopic (exact) mass is 351 g/mol. The molecule has 1 aromatic rings. The molecule has 9 heteroatoms. The summed E-state index contributed by atoms with van der Waals surface area (Å²) in [6.45, 7) is 2.14. The van der Waals surface area contributed by atoms with Crippen molar-refractivity contribution in [3.63, 3.8) is 0 Å². The number of amides is 2. The normalized spacial score (nSPS) is 14.2. The lowest BCUT2D eigenvalue weighted by Gasteiger charge is -2.29. The van der Waals surface area contributed by atoms with Crippen LogP contribution in [0.25, 0.3) is 0 Å². The molecule has 0 saturated carbocycles. The number of hydrogen-bond donors (Lipinski definition) is 1. The van der Waals surface area contributed by atoms with Gasteiger partial charge in [-0.15, -0.1) is 12.4 Å². The van der Waals surface area contributed by atoms with Crippen LogP contribution < -0.4 is 5.32 Å². The van der Waals surface area contributed by atoms with Gasteiger partial charge in [-0.25, -0.2) is 13.2 Å². The van der Waals surface area contributed by atoms with Crippen molar-refractivity contribution < 1.29 is 22.8 Å². The highest BCUT2D eigenvalue weighted by atomic mass is 35.5. The first kappa shape index (κ1) is 19.2. The summed E-state index contributed by atoms with van der Waals surface area (Å²) in [5, 5.41) is 3.09. The molecule has 0 bridgehead atoms. The number of hydrogen-bond acceptors (Lipinski definition) is 3. The number of halogens is 4. The van der Waals surface area contributed by atoms with E-state index in [1.165, 1.54) is 7.05 Å². The molecule has 0 unspecified atom stereocenters. The van der Waals surface area contributed by atoms with Crippen LogP contribution in [0.1, 0.15) is 10.4 Å². The van der Waals surface area contributed by atoms with Crippen LogP contribution in [0.2, 0.25) is 0 Å². The Labute approximate surface area is 137 Å². The number of piperazine rings is 1. The second-order valence-corrected chi connectivity index (χ2v) is 5.01. The third-order valence-electron chi connectivity index (χ3n) is 3.45. The van der Waals surface area contributed by atoms with Crippen LogP contribution >= 0.6 is 12.4 Å². The predicted molar refractivity (Wildman–Crippen MR) is 80.0 cm³/mol. The summed E-state index contributed by atoms with van der Waals surface area (Å²) in [7, 11) is 1.31. The zero-order valence-electron chi connectivity index (χ0n) is 12.4. The van der Waals surface area contributed by atoms with Gasteiger partial charge in [0.25, 0.3) is 5.91 Å². The van der Waals surface area contributed by atoms with Crippen molar-refractivity contribution in [2.75, 3.05) is 39.8 Å². The third kappa shape index (κ3) is 4.35. The predicted octanol–water partition coefficient (Wildman–Crippen LogP) is 1.03. The van der Waals surface area contributed by atoms with Gasteiger partial charge in [-0.2, -0.15) is 0 Å². The van der Waals surface area contributed by atoms with Gasteiger partial charge in [0.15, 0.2) is 17.5 Å². The molecular formula is C14H17ClF3N3O2. The van der Waals surface area contributed by atoms with Gasteiger partial charge in [-0.3, -0.25) is 9.59 Å². The molecule has 0 aromatic heterocycles. The fourth-order valence-electron chi connectivity index (χ4n) is 2.19. The average Bonchev–Trinajstić information content (AvgIpc) is 2.53. The van der Waals surface area contributed by atoms with Gasteiger partial charge < -0.3 is 15.1 Å². The maximum atomic E-state index is 13.6. The van der Waals surface area contributed by atoms with E-state index in [1.54, 1.807) is 4.90 Å². The van der Waals surface area contributed by atoms with Crippen molar-refractivity contribution in [3.8, 4) is 0 Å². The number of nitrogens with one attached hydrogen (secondary N) is 1. The van der Waals surface area contributed by atoms with E-state index in [2.05, 4.69) is 5.32 Å². The second kappa shape index (κ2) is 8.16. The molecule has 0 aliphatic carbocycles. The highest BCUT2D eigenvalue weighted by molar-refractivity contribution is 5.96. The fraction of sp³-hybridized carbons (Fsp3) is 0.429. The van der Waals surface area contributed by atoms with E-state index in [-0.39, 0.29) is 24.9 Å². The van der Waals surface area contributed by atoms with Gasteiger partial charge in [0.1, 0.15) is 0 Å². The number of carbonyl (C=O) groups is 2. The molecule has 0 radical (unpaired) electrons. The standard InChI is InChI=1S/C14H16F3N3O2.ClH/c1-19(8-11(21)20-6-4-18-5-7-20)14(22)9-2-3-10(15)13(17)12(9)16;/h2-3,18H,4-8H2,1H3;1H. The third-order valence-corrected chi connectivity index (χ3v) is 3.45. The number of nitrogens with zero attached hydrogens (tertiary/aromatic N) is 2. The lowest BCUT2D eigenvalue weighted by Crippen LogP contribution is -2.49. The molecule has 2 amide bonds.